The molecule has 5 heteroatoms. The molecule has 1 fully saturated rings. The van der Waals surface area contributed by atoms with E-state index in [1.165, 1.54) is 12.1 Å². The second-order valence-corrected chi connectivity index (χ2v) is 5.95. The van der Waals surface area contributed by atoms with Crippen LogP contribution in [0.5, 0.6) is 0 Å². The third-order valence-corrected chi connectivity index (χ3v) is 4.39. The van der Waals surface area contributed by atoms with E-state index in [4.69, 9.17) is 0 Å². The lowest BCUT2D eigenvalue weighted by atomic mass is 10.1. The van der Waals surface area contributed by atoms with Crippen LogP contribution < -0.4 is 4.72 Å². The van der Waals surface area contributed by atoms with Gasteiger partial charge in [0.05, 0.1) is 10.9 Å². The molecule has 2 aromatic rings. The van der Waals surface area contributed by atoms with Crippen LogP contribution in [0.2, 0.25) is 0 Å². The minimum atomic E-state index is -3.59. The molecule has 0 atom stereocenters. The summed E-state index contributed by atoms with van der Waals surface area (Å²) in [5.74, 6) is -0.413. The molecule has 93 valence electrons. The van der Waals surface area contributed by atoms with Crippen LogP contribution in [0.1, 0.15) is 12.8 Å². The molecule has 1 aliphatic carbocycles. The van der Waals surface area contributed by atoms with E-state index in [0.717, 1.165) is 18.9 Å². The standard InChI is InChI=1S/C13H11FNO2S/c14-12-7-8-13(11-4-2-1-3-10(11)12)18(16,17)15-9-5-6-9/h1-4,7-8,15H,5-6H2. The van der Waals surface area contributed by atoms with Crippen molar-refractivity contribution in [3.8, 4) is 0 Å². The predicted molar refractivity (Wildman–Crippen MR) is 66.7 cm³/mol. The summed E-state index contributed by atoms with van der Waals surface area (Å²) in [7, 11) is -3.59. The van der Waals surface area contributed by atoms with Gasteiger partial charge in [0.15, 0.2) is 0 Å². The lowest BCUT2D eigenvalue weighted by molar-refractivity contribution is 0.587. The van der Waals surface area contributed by atoms with E-state index in [2.05, 4.69) is 4.72 Å². The maximum atomic E-state index is 13.6. The van der Waals surface area contributed by atoms with Gasteiger partial charge in [0.1, 0.15) is 5.82 Å². The molecule has 1 N–H and O–H groups in total. The Kier molecular flexibility index (Phi) is 2.60. The summed E-state index contributed by atoms with van der Waals surface area (Å²) in [5.41, 5.74) is 0. The van der Waals surface area contributed by atoms with Crippen LogP contribution in [-0.4, -0.2) is 8.42 Å². The molecule has 0 aliphatic heterocycles. The van der Waals surface area contributed by atoms with Crippen LogP contribution in [-0.2, 0) is 10.0 Å². The molecule has 0 amide bonds. The monoisotopic (exact) mass is 264 g/mol. The molecule has 1 radical (unpaired) electrons. The van der Waals surface area contributed by atoms with Crippen molar-refractivity contribution in [1.82, 2.24) is 4.72 Å². The summed E-state index contributed by atoms with van der Waals surface area (Å²) in [6.45, 7) is 0. The van der Waals surface area contributed by atoms with Crippen LogP contribution in [0.4, 0.5) is 4.39 Å². The average Bonchev–Trinajstić information content (AvgIpc) is 3.12. The number of nitrogens with one attached hydrogen (secondary N) is 1. The summed E-state index contributed by atoms with van der Waals surface area (Å²) in [6.07, 6.45) is 1.58. The van der Waals surface area contributed by atoms with Crippen molar-refractivity contribution in [3.05, 3.63) is 48.3 Å². The molecule has 0 saturated heterocycles. The maximum Gasteiger partial charge on any atom is 0.241 e. The first-order valence-electron chi connectivity index (χ1n) is 5.63. The highest BCUT2D eigenvalue weighted by atomic mass is 32.2. The van der Waals surface area contributed by atoms with E-state index in [0.29, 0.717) is 10.8 Å². The van der Waals surface area contributed by atoms with Gasteiger partial charge in [-0.15, -0.1) is 0 Å². The summed E-state index contributed by atoms with van der Waals surface area (Å²) in [4.78, 5) is 0.124. The molecule has 2 aromatic carbocycles. The van der Waals surface area contributed by atoms with Crippen molar-refractivity contribution in [2.45, 2.75) is 17.7 Å². The first-order valence-corrected chi connectivity index (χ1v) is 7.11. The van der Waals surface area contributed by atoms with Gasteiger partial charge in [-0.05, 0) is 25.0 Å². The van der Waals surface area contributed by atoms with Crippen molar-refractivity contribution in [2.75, 3.05) is 0 Å². The summed E-state index contributed by atoms with van der Waals surface area (Å²) in [6, 6.07) is 9.88. The molecular formula is C13H11FNO2S. The molecule has 0 heterocycles. The van der Waals surface area contributed by atoms with E-state index in [-0.39, 0.29) is 4.90 Å². The summed E-state index contributed by atoms with van der Waals surface area (Å²) < 4.78 is 40.4. The maximum absolute atomic E-state index is 13.6. The van der Waals surface area contributed by atoms with Crippen molar-refractivity contribution in [1.29, 1.82) is 0 Å². The third-order valence-electron chi connectivity index (χ3n) is 2.90. The molecule has 0 spiro atoms. The van der Waals surface area contributed by atoms with E-state index in [9.17, 15) is 12.8 Å². The van der Waals surface area contributed by atoms with Crippen molar-refractivity contribution < 1.29 is 12.8 Å². The second kappa shape index (κ2) is 4.03. The zero-order valence-corrected chi connectivity index (χ0v) is 10.3. The molecule has 3 rings (SSSR count). The Bertz CT molecular complexity index is 708. The first kappa shape index (κ1) is 11.6. The highest BCUT2D eigenvalue weighted by Gasteiger charge is 2.30. The van der Waals surface area contributed by atoms with Crippen molar-refractivity contribution >= 4 is 20.8 Å². The Balaban J connectivity index is 2.20. The fourth-order valence-corrected chi connectivity index (χ4v) is 3.29. The molecule has 1 saturated carbocycles. The van der Waals surface area contributed by atoms with Gasteiger partial charge < -0.3 is 0 Å². The Labute approximate surface area is 105 Å². The van der Waals surface area contributed by atoms with Gasteiger partial charge in [-0.3, -0.25) is 0 Å². The lowest BCUT2D eigenvalue weighted by Gasteiger charge is -2.09. The Morgan fingerprint density at radius 1 is 1.00 bits per heavy atom. The first-order chi connectivity index (χ1) is 8.58. The normalized spacial score (nSPS) is 16.1. The van der Waals surface area contributed by atoms with Gasteiger partial charge in [0.25, 0.3) is 0 Å². The number of sulfonamides is 1. The molecular weight excluding hydrogens is 253 g/mol. The Hall–Kier alpha value is -1.46. The van der Waals surface area contributed by atoms with Crippen LogP contribution in [0, 0.1) is 11.9 Å². The Morgan fingerprint density at radius 3 is 2.33 bits per heavy atom. The molecule has 1 aliphatic rings. The quantitative estimate of drug-likeness (QED) is 0.926. The van der Waals surface area contributed by atoms with Gasteiger partial charge in [-0.1, -0.05) is 24.3 Å². The molecule has 3 nitrogen and oxygen atoms in total. The number of benzene rings is 2. The number of halogens is 1. The van der Waals surface area contributed by atoms with Gasteiger partial charge in [0, 0.05) is 10.8 Å². The van der Waals surface area contributed by atoms with E-state index in [1.807, 2.05) is 0 Å². The minimum Gasteiger partial charge on any atom is -0.207 e. The number of rotatable bonds is 3. The van der Waals surface area contributed by atoms with Crippen molar-refractivity contribution in [2.24, 2.45) is 0 Å². The smallest absolute Gasteiger partial charge is 0.207 e. The topological polar surface area (TPSA) is 46.2 Å². The molecule has 0 bridgehead atoms. The fraction of sp³-hybridized carbons (Fsp3) is 0.154. The van der Waals surface area contributed by atoms with E-state index < -0.39 is 15.8 Å². The lowest BCUT2D eigenvalue weighted by Crippen LogP contribution is -2.22. The summed E-state index contributed by atoms with van der Waals surface area (Å²) >= 11 is 0. The van der Waals surface area contributed by atoms with Crippen LogP contribution in [0.15, 0.2) is 41.3 Å². The van der Waals surface area contributed by atoms with Gasteiger partial charge in [-0.2, -0.15) is 0 Å². The number of hydrogen-bond donors (Lipinski definition) is 1. The largest absolute Gasteiger partial charge is 0.241 e. The Morgan fingerprint density at radius 2 is 1.67 bits per heavy atom. The van der Waals surface area contributed by atoms with Crippen LogP contribution in [0.3, 0.4) is 0 Å². The summed E-state index contributed by atoms with van der Waals surface area (Å²) in [5, 5.41) is 0.729. The number of fused-ring (bicyclic) bond motifs is 1. The molecule has 0 unspecified atom stereocenters. The predicted octanol–water partition coefficient (Wildman–Crippen LogP) is 2.58. The molecule has 18 heavy (non-hydrogen) atoms. The van der Waals surface area contributed by atoms with Crippen LogP contribution in [0.25, 0.3) is 10.8 Å². The highest BCUT2D eigenvalue weighted by molar-refractivity contribution is 7.89. The molecule has 0 aromatic heterocycles. The zero-order valence-electron chi connectivity index (χ0n) is 9.48. The van der Waals surface area contributed by atoms with Gasteiger partial charge >= 0.3 is 0 Å². The van der Waals surface area contributed by atoms with Crippen molar-refractivity contribution in [3.63, 3.8) is 0 Å². The highest BCUT2D eigenvalue weighted by Crippen LogP contribution is 2.32. The fourth-order valence-electron chi connectivity index (χ4n) is 1.88. The third kappa shape index (κ3) is 2.00. The van der Waals surface area contributed by atoms with E-state index in [1.54, 1.807) is 24.3 Å². The average molecular weight is 264 g/mol. The zero-order chi connectivity index (χ0) is 12.8. The van der Waals surface area contributed by atoms with Crippen LogP contribution >= 0.6 is 0 Å². The minimum absolute atomic E-state index is 0.124. The second-order valence-electron chi connectivity index (χ2n) is 4.30. The van der Waals surface area contributed by atoms with Gasteiger partial charge in [-0.25, -0.2) is 17.5 Å². The number of hydrogen-bond acceptors (Lipinski definition) is 2. The van der Waals surface area contributed by atoms with Gasteiger partial charge in [0.2, 0.25) is 10.0 Å². The van der Waals surface area contributed by atoms with E-state index >= 15 is 0 Å². The SMILES string of the molecule is O=S(=O)(N[C]1CC1)c1ccc(F)c2ccccc12.